The lowest BCUT2D eigenvalue weighted by Crippen LogP contribution is -2.35. The van der Waals surface area contributed by atoms with E-state index in [-0.39, 0.29) is 22.5 Å². The number of nitrogens with zero attached hydrogens (tertiary/aromatic N) is 3. The Morgan fingerprint density at radius 1 is 1.44 bits per heavy atom. The fourth-order valence-electron chi connectivity index (χ4n) is 2.99. The number of ether oxygens (including phenoxy) is 1. The van der Waals surface area contributed by atoms with E-state index in [1.54, 1.807) is 12.4 Å². The van der Waals surface area contributed by atoms with Crippen molar-refractivity contribution in [2.45, 2.75) is 13.3 Å². The molecule has 0 aliphatic carbocycles. The third-order valence-corrected chi connectivity index (χ3v) is 4.62. The summed E-state index contributed by atoms with van der Waals surface area (Å²) in [7, 11) is 0. The van der Waals surface area contributed by atoms with Crippen LogP contribution in [0.1, 0.15) is 21.6 Å². The molecule has 4 rings (SSSR count). The Kier molecular flexibility index (Phi) is 4.05. The van der Waals surface area contributed by atoms with Crippen LogP contribution in [0.4, 0.5) is 0 Å². The van der Waals surface area contributed by atoms with Crippen LogP contribution in [0.25, 0.3) is 5.65 Å². The molecule has 0 fully saturated rings. The Morgan fingerprint density at radius 3 is 3.16 bits per heavy atom. The fourth-order valence-corrected chi connectivity index (χ4v) is 3.25. The van der Waals surface area contributed by atoms with Crippen molar-refractivity contribution in [1.29, 1.82) is 0 Å². The van der Waals surface area contributed by atoms with E-state index in [1.807, 2.05) is 25.1 Å². The van der Waals surface area contributed by atoms with Gasteiger partial charge in [-0.2, -0.15) is 5.10 Å². The predicted molar refractivity (Wildman–Crippen MR) is 94.2 cm³/mol. The van der Waals surface area contributed by atoms with Crippen LogP contribution in [0.5, 0.6) is 5.75 Å². The highest BCUT2D eigenvalue weighted by molar-refractivity contribution is 6.36. The Labute approximate surface area is 149 Å². The Hall–Kier alpha value is -2.60. The van der Waals surface area contributed by atoms with Crippen LogP contribution in [0.15, 0.2) is 36.7 Å². The molecule has 1 N–H and O–H groups in total. The molecule has 2 aromatic heterocycles. The van der Waals surface area contributed by atoms with Gasteiger partial charge in [0, 0.05) is 24.9 Å². The molecule has 0 saturated heterocycles. The molecule has 0 radical (unpaired) electrons. The van der Waals surface area contributed by atoms with Gasteiger partial charge < -0.3 is 10.1 Å². The quantitative estimate of drug-likeness (QED) is 0.783. The van der Waals surface area contributed by atoms with Gasteiger partial charge in [0.05, 0.1) is 6.61 Å². The summed E-state index contributed by atoms with van der Waals surface area (Å²) in [5.74, 6) is 0.844. The number of nitrogens with one attached hydrogen (secondary N) is 1. The number of aryl methyl sites for hydroxylation is 1. The molecule has 0 spiro atoms. The minimum Gasteiger partial charge on any atom is -0.493 e. The van der Waals surface area contributed by atoms with E-state index in [9.17, 15) is 4.79 Å². The van der Waals surface area contributed by atoms with Crippen molar-refractivity contribution in [1.82, 2.24) is 19.9 Å². The van der Waals surface area contributed by atoms with E-state index < -0.39 is 0 Å². The highest BCUT2D eigenvalue weighted by atomic mass is 35.5. The molecule has 1 aliphatic rings. The van der Waals surface area contributed by atoms with Crippen molar-refractivity contribution in [3.8, 4) is 5.75 Å². The molecule has 0 saturated carbocycles. The van der Waals surface area contributed by atoms with E-state index in [1.165, 1.54) is 10.1 Å². The second-order valence-corrected chi connectivity index (χ2v) is 6.64. The van der Waals surface area contributed by atoms with Crippen molar-refractivity contribution in [3.63, 3.8) is 0 Å². The summed E-state index contributed by atoms with van der Waals surface area (Å²) >= 11 is 6.26. The van der Waals surface area contributed by atoms with Gasteiger partial charge in [-0.05, 0) is 30.5 Å². The van der Waals surface area contributed by atoms with Crippen LogP contribution in [0.2, 0.25) is 5.02 Å². The zero-order valence-electron chi connectivity index (χ0n) is 13.7. The molecule has 3 aromatic rings. The average molecular weight is 357 g/mol. The minimum atomic E-state index is -0.299. The lowest BCUT2D eigenvalue weighted by Gasteiger charge is -2.25. The molecule has 1 unspecified atom stereocenters. The smallest absolute Gasteiger partial charge is 0.273 e. The molecule has 1 aromatic carbocycles. The molecule has 1 aliphatic heterocycles. The average Bonchev–Trinajstić information content (AvgIpc) is 2.95. The van der Waals surface area contributed by atoms with Gasteiger partial charge in [-0.1, -0.05) is 29.8 Å². The molecule has 7 heteroatoms. The molecular formula is C18H17ClN4O2. The zero-order chi connectivity index (χ0) is 17.4. The lowest BCUT2D eigenvalue weighted by molar-refractivity contribution is 0.0934. The number of hydrogen-bond acceptors (Lipinski definition) is 4. The van der Waals surface area contributed by atoms with Crippen molar-refractivity contribution in [3.05, 3.63) is 58.5 Å². The summed E-state index contributed by atoms with van der Waals surface area (Å²) in [6.07, 6.45) is 4.36. The number of amides is 1. The van der Waals surface area contributed by atoms with Crippen LogP contribution in [-0.4, -0.2) is 33.7 Å². The van der Waals surface area contributed by atoms with Crippen molar-refractivity contribution >= 4 is 23.2 Å². The molecule has 3 heterocycles. The standard InChI is InChI=1S/C18H17ClN4O2/c1-11-7-20-17-15(19)16(22-23(17)9-11)18(24)21-8-12-6-13-4-2-3-5-14(13)25-10-12/h2-5,7,9,12H,6,8,10H2,1H3,(H,21,24). The van der Waals surface area contributed by atoms with Gasteiger partial charge in [0.25, 0.3) is 5.91 Å². The summed E-state index contributed by atoms with van der Waals surface area (Å²) in [4.78, 5) is 16.7. The van der Waals surface area contributed by atoms with E-state index >= 15 is 0 Å². The van der Waals surface area contributed by atoms with E-state index in [2.05, 4.69) is 21.5 Å². The van der Waals surface area contributed by atoms with Gasteiger partial charge in [-0.15, -0.1) is 0 Å². The highest BCUT2D eigenvalue weighted by Crippen LogP contribution is 2.26. The number of fused-ring (bicyclic) bond motifs is 2. The Balaban J connectivity index is 1.45. The third kappa shape index (κ3) is 3.05. The number of carbonyl (C=O) groups excluding carboxylic acids is 1. The van der Waals surface area contributed by atoms with E-state index in [0.717, 1.165) is 17.7 Å². The van der Waals surface area contributed by atoms with E-state index in [0.29, 0.717) is 18.8 Å². The van der Waals surface area contributed by atoms with Gasteiger partial charge in [-0.3, -0.25) is 4.79 Å². The molecule has 6 nitrogen and oxygen atoms in total. The lowest BCUT2D eigenvalue weighted by atomic mass is 9.97. The van der Waals surface area contributed by atoms with Crippen LogP contribution < -0.4 is 10.1 Å². The monoisotopic (exact) mass is 356 g/mol. The van der Waals surface area contributed by atoms with Crippen molar-refractivity contribution in [2.75, 3.05) is 13.2 Å². The summed E-state index contributed by atoms with van der Waals surface area (Å²) in [5.41, 5.74) is 2.78. The Morgan fingerprint density at radius 2 is 2.28 bits per heavy atom. The van der Waals surface area contributed by atoms with Crippen molar-refractivity contribution < 1.29 is 9.53 Å². The van der Waals surface area contributed by atoms with Gasteiger partial charge in [-0.25, -0.2) is 9.50 Å². The summed E-state index contributed by atoms with van der Waals surface area (Å²) in [6.45, 7) is 2.99. The number of carbonyl (C=O) groups is 1. The molecule has 128 valence electrons. The first kappa shape index (κ1) is 15.9. The van der Waals surface area contributed by atoms with Crippen LogP contribution >= 0.6 is 11.6 Å². The third-order valence-electron chi connectivity index (χ3n) is 4.27. The SMILES string of the molecule is Cc1cnc2c(Cl)c(C(=O)NCC3COc4ccccc4C3)nn2c1. The molecular weight excluding hydrogens is 340 g/mol. The Bertz CT molecular complexity index is 953. The zero-order valence-corrected chi connectivity index (χ0v) is 14.5. The normalized spacial score (nSPS) is 16.3. The number of hydrogen-bond donors (Lipinski definition) is 1. The van der Waals surface area contributed by atoms with Crippen molar-refractivity contribution in [2.24, 2.45) is 5.92 Å². The van der Waals surface area contributed by atoms with Crippen LogP contribution in [0.3, 0.4) is 0 Å². The first-order chi connectivity index (χ1) is 12.1. The molecule has 25 heavy (non-hydrogen) atoms. The highest BCUT2D eigenvalue weighted by Gasteiger charge is 2.23. The van der Waals surface area contributed by atoms with Gasteiger partial charge in [0.2, 0.25) is 0 Å². The predicted octanol–water partition coefficient (Wildman–Crippen LogP) is 2.67. The largest absolute Gasteiger partial charge is 0.493 e. The van der Waals surface area contributed by atoms with E-state index in [4.69, 9.17) is 16.3 Å². The van der Waals surface area contributed by atoms with Crippen LogP contribution in [0, 0.1) is 12.8 Å². The second-order valence-electron chi connectivity index (χ2n) is 6.26. The van der Waals surface area contributed by atoms with Gasteiger partial charge in [0.15, 0.2) is 11.3 Å². The maximum atomic E-state index is 12.5. The minimum absolute atomic E-state index is 0.192. The number of aromatic nitrogens is 3. The number of benzene rings is 1. The molecule has 1 amide bonds. The summed E-state index contributed by atoms with van der Waals surface area (Å²) < 4.78 is 7.29. The molecule has 1 atom stereocenters. The van der Waals surface area contributed by atoms with Crippen LogP contribution in [-0.2, 0) is 6.42 Å². The number of rotatable bonds is 3. The first-order valence-electron chi connectivity index (χ1n) is 8.11. The number of halogens is 1. The number of para-hydroxylation sites is 1. The second kappa shape index (κ2) is 6.37. The van der Waals surface area contributed by atoms with Gasteiger partial charge in [0.1, 0.15) is 10.8 Å². The maximum absolute atomic E-state index is 12.5. The topological polar surface area (TPSA) is 68.5 Å². The summed E-state index contributed by atoms with van der Waals surface area (Å²) in [5, 5.41) is 7.43. The van der Waals surface area contributed by atoms with Gasteiger partial charge >= 0.3 is 0 Å². The molecule has 0 bridgehead atoms. The summed E-state index contributed by atoms with van der Waals surface area (Å²) in [6, 6.07) is 7.97. The maximum Gasteiger partial charge on any atom is 0.273 e. The first-order valence-corrected chi connectivity index (χ1v) is 8.49. The fraction of sp³-hybridized carbons (Fsp3) is 0.278.